The lowest BCUT2D eigenvalue weighted by molar-refractivity contribution is -0.137. The van der Waals surface area contributed by atoms with E-state index >= 15 is 0 Å². The van der Waals surface area contributed by atoms with Gasteiger partial charge in [-0.1, -0.05) is 0 Å². The van der Waals surface area contributed by atoms with Crippen molar-refractivity contribution < 1.29 is 22.8 Å². The molecule has 0 spiro atoms. The number of aromatic nitrogens is 2. The Morgan fingerprint density at radius 3 is 2.32 bits per heavy atom. The number of amides is 2. The molecule has 28 heavy (non-hydrogen) atoms. The van der Waals surface area contributed by atoms with Crippen LogP contribution in [0, 0.1) is 0 Å². The third-order valence-electron chi connectivity index (χ3n) is 4.35. The van der Waals surface area contributed by atoms with E-state index in [1.165, 1.54) is 27.9 Å². The van der Waals surface area contributed by atoms with Crippen molar-refractivity contribution in [2.45, 2.75) is 45.5 Å². The summed E-state index contributed by atoms with van der Waals surface area (Å²) in [5.74, 6) is -0.905. The average Bonchev–Trinajstić information content (AvgIpc) is 3.02. The van der Waals surface area contributed by atoms with Gasteiger partial charge in [0.2, 0.25) is 0 Å². The molecule has 0 radical (unpaired) electrons. The van der Waals surface area contributed by atoms with Gasteiger partial charge in [0, 0.05) is 17.8 Å². The topological polar surface area (TPSA) is 67.2 Å². The van der Waals surface area contributed by atoms with Crippen molar-refractivity contribution in [3.63, 3.8) is 0 Å². The minimum atomic E-state index is -4.45. The fourth-order valence-corrected chi connectivity index (χ4v) is 3.09. The first-order valence-electron chi connectivity index (χ1n) is 8.77. The van der Waals surface area contributed by atoms with Gasteiger partial charge in [-0.3, -0.25) is 14.3 Å². The number of fused-ring (bicyclic) bond motifs is 1. The maximum absolute atomic E-state index is 13.1. The fraction of sp³-hybridized carbons (Fsp3) is 0.421. The summed E-state index contributed by atoms with van der Waals surface area (Å²) in [6.07, 6.45) is -3.10. The second-order valence-electron chi connectivity index (χ2n) is 7.86. The summed E-state index contributed by atoms with van der Waals surface area (Å²) >= 11 is 0. The minimum absolute atomic E-state index is 0.125. The molecule has 2 aromatic rings. The number of hydrogen-bond donors (Lipinski definition) is 1. The van der Waals surface area contributed by atoms with Crippen molar-refractivity contribution in [1.82, 2.24) is 15.1 Å². The maximum Gasteiger partial charge on any atom is 0.416 e. The molecule has 0 aliphatic carbocycles. The quantitative estimate of drug-likeness (QED) is 0.846. The zero-order valence-corrected chi connectivity index (χ0v) is 16.0. The Kier molecular flexibility index (Phi) is 4.73. The molecular formula is C19H21F3N4O2. The number of rotatable bonds is 2. The lowest BCUT2D eigenvalue weighted by Gasteiger charge is -2.32. The second-order valence-corrected chi connectivity index (χ2v) is 7.86. The van der Waals surface area contributed by atoms with Gasteiger partial charge in [0.1, 0.15) is 5.69 Å². The largest absolute Gasteiger partial charge is 0.416 e. The number of hydrogen-bond acceptors (Lipinski definition) is 3. The first-order valence-corrected chi connectivity index (χ1v) is 8.77. The van der Waals surface area contributed by atoms with Crippen LogP contribution >= 0.6 is 0 Å². The number of nitrogens with one attached hydrogen (secondary N) is 1. The summed E-state index contributed by atoms with van der Waals surface area (Å²) < 4.78 is 39.9. The highest BCUT2D eigenvalue weighted by Gasteiger charge is 2.36. The van der Waals surface area contributed by atoms with Crippen LogP contribution in [0.5, 0.6) is 0 Å². The molecule has 1 unspecified atom stereocenters. The summed E-state index contributed by atoms with van der Waals surface area (Å²) in [6.45, 7) is 7.52. The van der Waals surface area contributed by atoms with Gasteiger partial charge in [-0.15, -0.1) is 0 Å². The van der Waals surface area contributed by atoms with Gasteiger partial charge in [-0.2, -0.15) is 18.3 Å². The molecule has 1 N–H and O–H groups in total. The van der Waals surface area contributed by atoms with Crippen LogP contribution in [0.1, 0.15) is 60.1 Å². The SMILES string of the molecule is CC1CN(c2ccc(C(F)(F)F)cc2)C(=O)c2c(C(=O)NC(C)(C)C)cnn21. The number of anilines is 1. The molecule has 1 aliphatic rings. The molecule has 1 aromatic heterocycles. The van der Waals surface area contributed by atoms with Crippen molar-refractivity contribution in [1.29, 1.82) is 0 Å². The highest BCUT2D eigenvalue weighted by atomic mass is 19.4. The number of carbonyl (C=O) groups excluding carboxylic acids is 2. The van der Waals surface area contributed by atoms with Gasteiger partial charge < -0.3 is 10.2 Å². The zero-order chi connectivity index (χ0) is 20.9. The van der Waals surface area contributed by atoms with Crippen LogP contribution in [0.15, 0.2) is 30.5 Å². The van der Waals surface area contributed by atoms with Crippen LogP contribution in [0.3, 0.4) is 0 Å². The number of halogens is 3. The average molecular weight is 394 g/mol. The lowest BCUT2D eigenvalue weighted by atomic mass is 10.1. The number of nitrogens with zero attached hydrogens (tertiary/aromatic N) is 3. The van der Waals surface area contributed by atoms with E-state index < -0.39 is 29.1 Å². The molecule has 0 saturated carbocycles. The molecule has 0 bridgehead atoms. The summed E-state index contributed by atoms with van der Waals surface area (Å²) in [5.41, 5.74) is -0.685. The molecule has 150 valence electrons. The summed E-state index contributed by atoms with van der Waals surface area (Å²) in [6, 6.07) is 4.15. The number of benzene rings is 1. The standard InChI is InChI=1S/C19H21F3N4O2/c1-11-10-25(13-7-5-12(6-8-13)19(20,21)22)17(28)15-14(9-23-26(11)15)16(27)24-18(2,3)4/h5-9,11H,10H2,1-4H3,(H,24,27). The minimum Gasteiger partial charge on any atom is -0.347 e. The van der Waals surface area contributed by atoms with E-state index in [-0.39, 0.29) is 23.8 Å². The van der Waals surface area contributed by atoms with E-state index in [1.807, 2.05) is 27.7 Å². The lowest BCUT2D eigenvalue weighted by Crippen LogP contribution is -2.45. The van der Waals surface area contributed by atoms with Crippen molar-refractivity contribution in [3.8, 4) is 0 Å². The molecule has 3 rings (SSSR count). The Labute approximate surface area is 160 Å². The van der Waals surface area contributed by atoms with Crippen molar-refractivity contribution in [2.75, 3.05) is 11.4 Å². The normalized spacial score (nSPS) is 17.5. The van der Waals surface area contributed by atoms with Gasteiger partial charge in [0.05, 0.1) is 23.4 Å². The molecule has 2 heterocycles. The molecular weight excluding hydrogens is 373 g/mol. The fourth-order valence-electron chi connectivity index (χ4n) is 3.09. The van der Waals surface area contributed by atoms with Crippen molar-refractivity contribution in [3.05, 3.63) is 47.3 Å². The van der Waals surface area contributed by atoms with Gasteiger partial charge in [-0.05, 0) is 52.0 Å². The smallest absolute Gasteiger partial charge is 0.347 e. The van der Waals surface area contributed by atoms with Crippen LogP contribution in [-0.2, 0) is 6.18 Å². The predicted molar refractivity (Wildman–Crippen MR) is 97.3 cm³/mol. The Morgan fingerprint density at radius 2 is 1.79 bits per heavy atom. The van der Waals surface area contributed by atoms with E-state index in [4.69, 9.17) is 0 Å². The first-order chi connectivity index (χ1) is 12.9. The predicted octanol–water partition coefficient (Wildman–Crippen LogP) is 3.65. The van der Waals surface area contributed by atoms with E-state index in [2.05, 4.69) is 10.4 Å². The summed E-state index contributed by atoms with van der Waals surface area (Å²) in [7, 11) is 0. The highest BCUT2D eigenvalue weighted by molar-refractivity contribution is 6.12. The molecule has 1 aliphatic heterocycles. The maximum atomic E-state index is 13.1. The Bertz CT molecular complexity index is 911. The first kappa shape index (κ1) is 19.9. The van der Waals surface area contributed by atoms with E-state index in [1.54, 1.807) is 0 Å². The highest BCUT2D eigenvalue weighted by Crippen LogP contribution is 2.32. The van der Waals surface area contributed by atoms with E-state index in [0.717, 1.165) is 12.1 Å². The van der Waals surface area contributed by atoms with E-state index in [0.29, 0.717) is 5.69 Å². The summed E-state index contributed by atoms with van der Waals surface area (Å²) in [4.78, 5) is 27.0. The monoisotopic (exact) mass is 394 g/mol. The van der Waals surface area contributed by atoms with Crippen LogP contribution in [0.25, 0.3) is 0 Å². The van der Waals surface area contributed by atoms with Gasteiger partial charge in [-0.25, -0.2) is 0 Å². The van der Waals surface area contributed by atoms with Crippen LogP contribution in [0.4, 0.5) is 18.9 Å². The summed E-state index contributed by atoms with van der Waals surface area (Å²) in [5, 5.41) is 6.97. The molecule has 1 aromatic carbocycles. The molecule has 9 heteroatoms. The Morgan fingerprint density at radius 1 is 1.18 bits per heavy atom. The third-order valence-corrected chi connectivity index (χ3v) is 4.35. The van der Waals surface area contributed by atoms with Gasteiger partial charge in [0.25, 0.3) is 11.8 Å². The van der Waals surface area contributed by atoms with Crippen LogP contribution in [0.2, 0.25) is 0 Å². The third kappa shape index (κ3) is 3.74. The molecule has 2 amide bonds. The Balaban J connectivity index is 1.96. The van der Waals surface area contributed by atoms with Crippen LogP contribution in [-0.4, -0.2) is 33.7 Å². The molecule has 0 saturated heterocycles. The number of carbonyl (C=O) groups is 2. The zero-order valence-electron chi connectivity index (χ0n) is 16.0. The van der Waals surface area contributed by atoms with Crippen molar-refractivity contribution >= 4 is 17.5 Å². The van der Waals surface area contributed by atoms with Gasteiger partial charge in [0.15, 0.2) is 0 Å². The van der Waals surface area contributed by atoms with E-state index in [9.17, 15) is 22.8 Å². The number of alkyl halides is 3. The van der Waals surface area contributed by atoms with Crippen molar-refractivity contribution in [2.24, 2.45) is 0 Å². The molecule has 6 nitrogen and oxygen atoms in total. The second kappa shape index (κ2) is 6.65. The molecule has 1 atom stereocenters. The van der Waals surface area contributed by atoms with Crippen LogP contribution < -0.4 is 10.2 Å². The molecule has 0 fully saturated rings. The Hall–Kier alpha value is -2.84. The van der Waals surface area contributed by atoms with Gasteiger partial charge >= 0.3 is 6.18 Å².